The van der Waals surface area contributed by atoms with Crippen molar-refractivity contribution >= 4 is 23.2 Å². The molecule has 0 saturated carbocycles. The Labute approximate surface area is 174 Å². The lowest BCUT2D eigenvalue weighted by atomic mass is 9.90. The van der Waals surface area contributed by atoms with Crippen molar-refractivity contribution in [2.75, 3.05) is 13.1 Å². The summed E-state index contributed by atoms with van der Waals surface area (Å²) in [5.74, 6) is 1.17. The molecular weight excluding hydrogens is 390 g/mol. The van der Waals surface area contributed by atoms with E-state index in [1.165, 1.54) is 0 Å². The molecule has 5 rings (SSSR count). The Hall–Kier alpha value is -2.73. The zero-order chi connectivity index (χ0) is 20.2. The molecule has 1 fully saturated rings. The number of benzene rings is 2. The number of rotatable bonds is 1. The van der Waals surface area contributed by atoms with Crippen molar-refractivity contribution in [1.29, 1.82) is 0 Å². The van der Waals surface area contributed by atoms with E-state index < -0.39 is 5.72 Å². The summed E-state index contributed by atoms with van der Waals surface area (Å²) in [5.41, 5.74) is 2.40. The highest BCUT2D eigenvalue weighted by Crippen LogP contribution is 2.50. The van der Waals surface area contributed by atoms with Crippen molar-refractivity contribution in [2.24, 2.45) is 5.10 Å². The monoisotopic (exact) mass is 411 g/mol. The molecule has 1 spiro atoms. The van der Waals surface area contributed by atoms with Crippen LogP contribution in [-0.4, -0.2) is 45.4 Å². The van der Waals surface area contributed by atoms with Crippen molar-refractivity contribution < 1.29 is 14.6 Å². The summed E-state index contributed by atoms with van der Waals surface area (Å²) in [5, 5.41) is 17.4. The molecule has 7 heteroatoms. The van der Waals surface area contributed by atoms with Crippen molar-refractivity contribution in [3.63, 3.8) is 0 Å². The summed E-state index contributed by atoms with van der Waals surface area (Å²) < 4.78 is 6.54. The third-order valence-electron chi connectivity index (χ3n) is 6.15. The van der Waals surface area contributed by atoms with Gasteiger partial charge in [-0.3, -0.25) is 4.79 Å². The highest BCUT2D eigenvalue weighted by atomic mass is 35.5. The molecule has 29 heavy (non-hydrogen) atoms. The number of carbonyl (C=O) groups is 1. The summed E-state index contributed by atoms with van der Waals surface area (Å²) in [6.07, 6.45) is 2.12. The fourth-order valence-corrected chi connectivity index (χ4v) is 4.76. The van der Waals surface area contributed by atoms with Crippen LogP contribution in [-0.2, 0) is 4.79 Å². The molecule has 1 saturated heterocycles. The van der Waals surface area contributed by atoms with Crippen LogP contribution in [0.25, 0.3) is 0 Å². The molecule has 3 aliphatic rings. The van der Waals surface area contributed by atoms with E-state index in [1.807, 2.05) is 35.2 Å². The van der Waals surface area contributed by atoms with Gasteiger partial charge in [-0.1, -0.05) is 11.6 Å². The number of likely N-dealkylation sites (tertiary alicyclic amines) is 1. The number of piperidine rings is 1. The van der Waals surface area contributed by atoms with Gasteiger partial charge in [-0.05, 0) is 48.0 Å². The summed E-state index contributed by atoms with van der Waals surface area (Å²) in [7, 11) is 0. The minimum Gasteiger partial charge on any atom is -0.508 e. The lowest BCUT2D eigenvalue weighted by Crippen LogP contribution is -2.59. The molecule has 2 aromatic rings. The molecule has 0 aromatic heterocycles. The first-order chi connectivity index (χ1) is 13.9. The van der Waals surface area contributed by atoms with Gasteiger partial charge in [0.05, 0.1) is 11.8 Å². The minimum atomic E-state index is -0.573. The smallest absolute Gasteiger partial charge is 0.219 e. The molecule has 6 nitrogen and oxygen atoms in total. The van der Waals surface area contributed by atoms with Gasteiger partial charge in [-0.2, -0.15) is 5.10 Å². The number of nitrogens with zero attached hydrogens (tertiary/aromatic N) is 3. The summed E-state index contributed by atoms with van der Waals surface area (Å²) in [6, 6.07) is 12.9. The number of halogens is 1. The third-order valence-corrected chi connectivity index (χ3v) is 6.38. The Morgan fingerprint density at radius 2 is 1.93 bits per heavy atom. The first-order valence-corrected chi connectivity index (χ1v) is 10.2. The molecule has 1 amide bonds. The average molecular weight is 412 g/mol. The van der Waals surface area contributed by atoms with Gasteiger partial charge < -0.3 is 14.7 Å². The number of hydrazone groups is 1. The fourth-order valence-electron chi connectivity index (χ4n) is 4.58. The number of hydrogen-bond acceptors (Lipinski definition) is 5. The van der Waals surface area contributed by atoms with Gasteiger partial charge in [0.2, 0.25) is 11.6 Å². The normalized spacial score (nSPS) is 22.0. The molecule has 3 aliphatic heterocycles. The summed E-state index contributed by atoms with van der Waals surface area (Å²) in [4.78, 5) is 13.7. The number of phenolic OH excluding ortho intramolecular Hbond substituents is 1. The second-order valence-corrected chi connectivity index (χ2v) is 8.33. The minimum absolute atomic E-state index is 0.0325. The maximum atomic E-state index is 11.8. The number of fused-ring (bicyclic) bond motifs is 4. The maximum Gasteiger partial charge on any atom is 0.219 e. The van der Waals surface area contributed by atoms with Gasteiger partial charge in [0.15, 0.2) is 0 Å². The molecule has 0 aliphatic carbocycles. The Morgan fingerprint density at radius 3 is 2.62 bits per heavy atom. The van der Waals surface area contributed by atoms with Crippen molar-refractivity contribution in [3.8, 4) is 11.5 Å². The Balaban J connectivity index is 1.55. The van der Waals surface area contributed by atoms with E-state index in [0.717, 1.165) is 29.0 Å². The molecule has 0 bridgehead atoms. The molecule has 150 valence electrons. The first-order valence-electron chi connectivity index (χ1n) is 9.85. The number of carbonyl (C=O) groups excluding carboxylic acids is 1. The first kappa shape index (κ1) is 18.3. The molecular formula is C22H22ClN3O3. The predicted octanol–water partition coefficient (Wildman–Crippen LogP) is 3.93. The Bertz CT molecular complexity index is 997. The van der Waals surface area contributed by atoms with Gasteiger partial charge >= 0.3 is 0 Å². The van der Waals surface area contributed by atoms with E-state index in [4.69, 9.17) is 21.4 Å². The fraction of sp³-hybridized carbons (Fsp3) is 0.364. The topological polar surface area (TPSA) is 65.4 Å². The number of hydrogen-bond donors (Lipinski definition) is 1. The van der Waals surface area contributed by atoms with Crippen LogP contribution < -0.4 is 4.74 Å². The number of ether oxygens (including phenoxy) is 1. The molecule has 0 radical (unpaired) electrons. The second-order valence-electron chi connectivity index (χ2n) is 7.89. The van der Waals surface area contributed by atoms with Gasteiger partial charge in [-0.25, -0.2) is 5.01 Å². The van der Waals surface area contributed by atoms with Crippen LogP contribution in [0.3, 0.4) is 0 Å². The molecule has 1 atom stereocenters. The zero-order valence-electron chi connectivity index (χ0n) is 16.1. The standard InChI is InChI=1S/C22H22ClN3O3/c1-14(27)25-10-8-22(9-11-25)26-20(18-12-16(23)4-7-21(18)29-22)13-19(24-26)15-2-5-17(28)6-3-15/h2-7,12,20,28H,8-11,13H2,1H3. The van der Waals surface area contributed by atoms with Crippen molar-refractivity contribution in [2.45, 2.75) is 38.0 Å². The Morgan fingerprint density at radius 1 is 1.21 bits per heavy atom. The van der Waals surface area contributed by atoms with E-state index in [1.54, 1.807) is 19.1 Å². The molecule has 3 heterocycles. The van der Waals surface area contributed by atoms with Crippen LogP contribution in [0.5, 0.6) is 11.5 Å². The maximum absolute atomic E-state index is 11.8. The highest BCUT2D eigenvalue weighted by Gasteiger charge is 2.52. The van der Waals surface area contributed by atoms with Crippen LogP contribution >= 0.6 is 11.6 Å². The van der Waals surface area contributed by atoms with E-state index >= 15 is 0 Å². The second kappa shape index (κ2) is 6.66. The van der Waals surface area contributed by atoms with Crippen LogP contribution in [0.4, 0.5) is 0 Å². The van der Waals surface area contributed by atoms with E-state index in [9.17, 15) is 9.90 Å². The van der Waals surface area contributed by atoms with Crippen LogP contribution in [0.1, 0.15) is 43.4 Å². The Kier molecular flexibility index (Phi) is 4.21. The highest BCUT2D eigenvalue weighted by molar-refractivity contribution is 6.30. The quantitative estimate of drug-likeness (QED) is 0.772. The van der Waals surface area contributed by atoms with Gasteiger partial charge in [0, 0.05) is 49.9 Å². The molecule has 1 N–H and O–H groups in total. The largest absolute Gasteiger partial charge is 0.508 e. The van der Waals surface area contributed by atoms with Crippen LogP contribution in [0.15, 0.2) is 47.6 Å². The van der Waals surface area contributed by atoms with Crippen LogP contribution in [0.2, 0.25) is 5.02 Å². The molecule has 2 aromatic carbocycles. The van der Waals surface area contributed by atoms with Crippen LogP contribution in [0, 0.1) is 0 Å². The van der Waals surface area contributed by atoms with Gasteiger partial charge in [0.1, 0.15) is 11.5 Å². The number of amides is 1. The zero-order valence-corrected chi connectivity index (χ0v) is 16.9. The number of aromatic hydroxyl groups is 1. The molecule has 1 unspecified atom stereocenters. The van der Waals surface area contributed by atoms with Crippen molar-refractivity contribution in [3.05, 3.63) is 58.6 Å². The lowest BCUT2D eigenvalue weighted by Gasteiger charge is -2.51. The van der Waals surface area contributed by atoms with E-state index in [0.29, 0.717) is 31.0 Å². The van der Waals surface area contributed by atoms with Crippen molar-refractivity contribution in [1.82, 2.24) is 9.91 Å². The van der Waals surface area contributed by atoms with E-state index in [-0.39, 0.29) is 17.7 Å². The third kappa shape index (κ3) is 3.02. The lowest BCUT2D eigenvalue weighted by molar-refractivity contribution is -0.158. The van der Waals surface area contributed by atoms with E-state index in [2.05, 4.69) is 5.01 Å². The SMILES string of the molecule is CC(=O)N1CCC2(CC1)Oc1ccc(Cl)cc1C1CC(c3ccc(O)cc3)=NN12. The van der Waals surface area contributed by atoms with Gasteiger partial charge in [-0.15, -0.1) is 0 Å². The summed E-state index contributed by atoms with van der Waals surface area (Å²) in [6.45, 7) is 2.90. The summed E-state index contributed by atoms with van der Waals surface area (Å²) >= 11 is 6.29. The predicted molar refractivity (Wildman–Crippen MR) is 110 cm³/mol. The average Bonchev–Trinajstić information content (AvgIpc) is 3.16. The van der Waals surface area contributed by atoms with Gasteiger partial charge in [0.25, 0.3) is 0 Å². The number of phenols is 1.